The summed E-state index contributed by atoms with van der Waals surface area (Å²) in [6.07, 6.45) is 0. The van der Waals surface area contributed by atoms with Gasteiger partial charge < -0.3 is 24.8 Å². The van der Waals surface area contributed by atoms with Crippen LogP contribution in [0.4, 0.5) is 0 Å². The van der Waals surface area contributed by atoms with Crippen molar-refractivity contribution in [3.63, 3.8) is 0 Å². The summed E-state index contributed by atoms with van der Waals surface area (Å²) in [5.41, 5.74) is 5.10. The van der Waals surface area contributed by atoms with Gasteiger partial charge in [-0.25, -0.2) is 0 Å². The van der Waals surface area contributed by atoms with Gasteiger partial charge in [0.05, 0.1) is 0 Å². The van der Waals surface area contributed by atoms with Gasteiger partial charge in [-0.2, -0.15) is 0 Å². The molecule has 0 unspecified atom stereocenters. The molecule has 0 fully saturated rings. The van der Waals surface area contributed by atoms with E-state index in [9.17, 15) is 5.11 Å². The van der Waals surface area contributed by atoms with Crippen LogP contribution < -0.4 is 9.47 Å². The predicted molar refractivity (Wildman–Crippen MR) is 166 cm³/mol. The zero-order chi connectivity index (χ0) is 28.6. The van der Waals surface area contributed by atoms with Gasteiger partial charge in [0.2, 0.25) is 0 Å². The molecule has 0 aromatic heterocycles. The Morgan fingerprint density at radius 1 is 0.775 bits per heavy atom. The van der Waals surface area contributed by atoms with Gasteiger partial charge in [0.1, 0.15) is 36.2 Å². The topological polar surface area (TPSA) is 79.2 Å². The highest BCUT2D eigenvalue weighted by Crippen LogP contribution is 2.31. The van der Waals surface area contributed by atoms with E-state index >= 15 is 0 Å². The van der Waals surface area contributed by atoms with Crippen LogP contribution in [0.3, 0.4) is 0 Å². The molecule has 0 spiro atoms. The van der Waals surface area contributed by atoms with Gasteiger partial charge in [0.25, 0.3) is 0 Å². The summed E-state index contributed by atoms with van der Waals surface area (Å²) < 4.78 is 11.9. The molecule has 0 atom stereocenters. The second kappa shape index (κ2) is 18.1. The van der Waals surface area contributed by atoms with Crippen LogP contribution >= 0.6 is 0 Å². The summed E-state index contributed by atoms with van der Waals surface area (Å²) >= 11 is 0. The van der Waals surface area contributed by atoms with Gasteiger partial charge in [-0.1, -0.05) is 94.6 Å². The quantitative estimate of drug-likeness (QED) is 0.207. The summed E-state index contributed by atoms with van der Waals surface area (Å²) in [4.78, 5) is 0. The molecule has 0 amide bonds. The summed E-state index contributed by atoms with van der Waals surface area (Å²) in [5.74, 6) is 2.14. The van der Waals surface area contributed by atoms with Crippen molar-refractivity contribution in [3.8, 4) is 23.0 Å². The number of hydrogen-bond donors (Lipinski definition) is 3. The molecule has 4 aromatic rings. The monoisotopic (exact) mass is 544 g/mol. The smallest absolute Gasteiger partial charge is 0.130 e. The average Bonchev–Trinajstić information content (AvgIpc) is 2.92. The fourth-order valence-corrected chi connectivity index (χ4v) is 3.56. The SMILES string of the molecule is C.C=C(C)c1ccc(OCc2ccccc2)cc1OCc1ccccc1.CC(C)c1ccc(O)cc1O.CCO. The molecule has 0 aliphatic rings. The molecule has 3 N–H and O–H groups in total. The lowest BCUT2D eigenvalue weighted by Crippen LogP contribution is -2.00. The number of benzene rings is 4. The van der Waals surface area contributed by atoms with Crippen LogP contribution in [0.15, 0.2) is 104 Å². The number of ether oxygens (including phenoxy) is 2. The Labute approximate surface area is 240 Å². The fourth-order valence-electron chi connectivity index (χ4n) is 3.56. The lowest BCUT2D eigenvalue weighted by Gasteiger charge is -2.14. The Morgan fingerprint density at radius 3 is 1.77 bits per heavy atom. The molecule has 0 heterocycles. The van der Waals surface area contributed by atoms with E-state index in [1.807, 2.05) is 75.4 Å². The Kier molecular flexibility index (Phi) is 15.3. The van der Waals surface area contributed by atoms with Crippen molar-refractivity contribution in [1.29, 1.82) is 0 Å². The Balaban J connectivity index is 0.000000447. The molecule has 214 valence electrons. The molecule has 4 rings (SSSR count). The molecule has 5 nitrogen and oxygen atoms in total. The molecule has 0 bridgehead atoms. The number of aliphatic hydroxyl groups excluding tert-OH is 1. The van der Waals surface area contributed by atoms with Gasteiger partial charge in [0, 0.05) is 24.3 Å². The molecular formula is C35H44O5. The molecule has 40 heavy (non-hydrogen) atoms. The largest absolute Gasteiger partial charge is 0.508 e. The van der Waals surface area contributed by atoms with E-state index in [2.05, 4.69) is 30.8 Å². The maximum Gasteiger partial charge on any atom is 0.130 e. The van der Waals surface area contributed by atoms with E-state index in [1.165, 1.54) is 6.07 Å². The maximum atomic E-state index is 9.30. The van der Waals surface area contributed by atoms with E-state index in [0.29, 0.717) is 13.2 Å². The fraction of sp³-hybridized carbons (Fsp3) is 0.257. The van der Waals surface area contributed by atoms with Crippen LogP contribution in [0.2, 0.25) is 0 Å². The lowest BCUT2D eigenvalue weighted by atomic mass is 10.0. The number of hydrogen-bond acceptors (Lipinski definition) is 5. The van der Waals surface area contributed by atoms with Crippen molar-refractivity contribution in [1.82, 2.24) is 0 Å². The van der Waals surface area contributed by atoms with Crippen molar-refractivity contribution in [2.75, 3.05) is 6.61 Å². The van der Waals surface area contributed by atoms with E-state index < -0.39 is 0 Å². The normalized spacial score (nSPS) is 9.75. The summed E-state index contributed by atoms with van der Waals surface area (Å²) in [5, 5.41) is 25.8. The van der Waals surface area contributed by atoms with E-state index in [1.54, 1.807) is 19.1 Å². The molecule has 0 aliphatic carbocycles. The minimum Gasteiger partial charge on any atom is -0.508 e. The summed E-state index contributed by atoms with van der Waals surface area (Å²) in [6, 6.07) is 30.8. The van der Waals surface area contributed by atoms with Crippen LogP contribution in [0.1, 0.15) is 63.3 Å². The van der Waals surface area contributed by atoms with Crippen LogP contribution in [-0.2, 0) is 13.2 Å². The second-order valence-electron chi connectivity index (χ2n) is 9.20. The molecule has 0 saturated carbocycles. The van der Waals surface area contributed by atoms with Gasteiger partial charge in [0.15, 0.2) is 0 Å². The van der Waals surface area contributed by atoms with E-state index in [0.717, 1.165) is 39.3 Å². The molecule has 5 heteroatoms. The average molecular weight is 545 g/mol. The standard InChI is InChI=1S/C23H22O2.C9H12O2.C2H6O.CH4/c1-18(2)22-14-13-21(24-16-19-9-5-3-6-10-19)15-23(22)25-17-20-11-7-4-8-12-20;1-6(2)8-4-3-7(10)5-9(8)11;1-2-3;/h3-15H,1,16-17H2,2H3;3-6,10-11H,1-2H3;3H,2H2,1H3;1H4. The lowest BCUT2D eigenvalue weighted by molar-refractivity contribution is 0.289. The predicted octanol–water partition coefficient (Wildman–Crippen LogP) is 8.73. The van der Waals surface area contributed by atoms with Gasteiger partial charge in [-0.3, -0.25) is 0 Å². The zero-order valence-corrected chi connectivity index (χ0v) is 23.3. The molecule has 0 radical (unpaired) electrons. The van der Waals surface area contributed by atoms with Gasteiger partial charge in [-0.05, 0) is 60.2 Å². The van der Waals surface area contributed by atoms with Crippen LogP contribution in [0.25, 0.3) is 5.57 Å². The Morgan fingerprint density at radius 2 is 1.30 bits per heavy atom. The van der Waals surface area contributed by atoms with Crippen LogP contribution in [0, 0.1) is 0 Å². The highest BCUT2D eigenvalue weighted by Gasteiger charge is 2.08. The zero-order valence-electron chi connectivity index (χ0n) is 23.3. The first-order chi connectivity index (χ1) is 18.7. The molecule has 0 saturated heterocycles. The van der Waals surface area contributed by atoms with Crippen molar-refractivity contribution >= 4 is 5.57 Å². The van der Waals surface area contributed by atoms with Crippen molar-refractivity contribution in [3.05, 3.63) is 126 Å². The third kappa shape index (κ3) is 11.7. The Hall–Kier alpha value is -4.22. The molecule has 0 aliphatic heterocycles. The van der Waals surface area contributed by atoms with Gasteiger partial charge >= 0.3 is 0 Å². The number of allylic oxidation sites excluding steroid dienone is 1. The van der Waals surface area contributed by atoms with E-state index in [4.69, 9.17) is 19.7 Å². The van der Waals surface area contributed by atoms with Crippen LogP contribution in [0.5, 0.6) is 23.0 Å². The third-order valence-electron chi connectivity index (χ3n) is 5.53. The van der Waals surface area contributed by atoms with Crippen molar-refractivity contribution < 1.29 is 24.8 Å². The van der Waals surface area contributed by atoms with Crippen LogP contribution in [-0.4, -0.2) is 21.9 Å². The second-order valence-corrected chi connectivity index (χ2v) is 9.20. The molecule has 4 aromatic carbocycles. The first-order valence-electron chi connectivity index (χ1n) is 13.0. The first-order valence-corrected chi connectivity index (χ1v) is 13.0. The van der Waals surface area contributed by atoms with Gasteiger partial charge in [-0.15, -0.1) is 0 Å². The van der Waals surface area contributed by atoms with Crippen molar-refractivity contribution in [2.24, 2.45) is 0 Å². The Bertz CT molecular complexity index is 1270. The van der Waals surface area contributed by atoms with Crippen molar-refractivity contribution in [2.45, 2.75) is 54.3 Å². The number of rotatable bonds is 8. The number of aliphatic hydroxyl groups is 1. The summed E-state index contributed by atoms with van der Waals surface area (Å²) in [6.45, 7) is 13.0. The minimum atomic E-state index is 0. The van der Waals surface area contributed by atoms with E-state index in [-0.39, 0.29) is 31.5 Å². The minimum absolute atomic E-state index is 0. The number of aromatic hydroxyl groups is 2. The molecular weight excluding hydrogens is 500 g/mol. The maximum absolute atomic E-state index is 9.30. The third-order valence-corrected chi connectivity index (χ3v) is 5.53. The summed E-state index contributed by atoms with van der Waals surface area (Å²) in [7, 11) is 0. The number of phenols is 2. The highest BCUT2D eigenvalue weighted by atomic mass is 16.5. The number of phenolic OH excluding ortho intramolecular Hbond substituents is 2. The highest BCUT2D eigenvalue weighted by molar-refractivity contribution is 5.68. The first kappa shape index (κ1) is 33.8.